The Labute approximate surface area is 93.2 Å². The van der Waals surface area contributed by atoms with Crippen molar-refractivity contribution in [2.75, 3.05) is 26.7 Å². The number of carbonyl (C=O) groups is 1. The highest BCUT2D eigenvalue weighted by atomic mass is 16.2. The van der Waals surface area contributed by atoms with Gasteiger partial charge in [0.2, 0.25) is 5.91 Å². The second-order valence-corrected chi connectivity index (χ2v) is 5.96. The van der Waals surface area contributed by atoms with E-state index < -0.39 is 0 Å². The van der Waals surface area contributed by atoms with Crippen molar-refractivity contribution < 1.29 is 4.79 Å². The van der Waals surface area contributed by atoms with Gasteiger partial charge < -0.3 is 10.2 Å². The van der Waals surface area contributed by atoms with E-state index in [0.29, 0.717) is 5.92 Å². The molecule has 3 heteroatoms. The van der Waals surface area contributed by atoms with Crippen molar-refractivity contribution in [3.05, 3.63) is 0 Å². The van der Waals surface area contributed by atoms with Crippen LogP contribution in [0.4, 0.5) is 0 Å². The van der Waals surface area contributed by atoms with E-state index in [0.717, 1.165) is 19.6 Å². The van der Waals surface area contributed by atoms with Crippen LogP contribution in [0.2, 0.25) is 0 Å². The summed E-state index contributed by atoms with van der Waals surface area (Å²) in [5, 5.41) is 3.21. The molecule has 1 N–H and O–H groups in total. The van der Waals surface area contributed by atoms with E-state index in [2.05, 4.69) is 26.1 Å². The average molecular weight is 212 g/mol. The number of rotatable bonds is 3. The summed E-state index contributed by atoms with van der Waals surface area (Å²) in [4.78, 5) is 13.9. The molecule has 1 fully saturated rings. The minimum absolute atomic E-state index is 0.165. The summed E-state index contributed by atoms with van der Waals surface area (Å²) in [5.74, 6) is 0.995. The molecule has 1 aliphatic heterocycles. The van der Waals surface area contributed by atoms with E-state index in [1.165, 1.54) is 0 Å². The van der Waals surface area contributed by atoms with E-state index >= 15 is 0 Å². The lowest BCUT2D eigenvalue weighted by Gasteiger charge is -2.35. The van der Waals surface area contributed by atoms with Crippen LogP contribution in [0, 0.1) is 17.3 Å². The van der Waals surface area contributed by atoms with Crippen LogP contribution in [0.25, 0.3) is 0 Å². The third-order valence-corrected chi connectivity index (χ3v) is 3.00. The van der Waals surface area contributed by atoms with E-state index in [1.807, 2.05) is 18.9 Å². The smallest absolute Gasteiger partial charge is 0.225 e. The highest BCUT2D eigenvalue weighted by Gasteiger charge is 2.31. The molecule has 1 unspecified atom stereocenters. The molecule has 0 saturated carbocycles. The third-order valence-electron chi connectivity index (χ3n) is 3.00. The molecule has 3 nitrogen and oxygen atoms in total. The first kappa shape index (κ1) is 12.5. The Bertz CT molecular complexity index is 228. The summed E-state index contributed by atoms with van der Waals surface area (Å²) in [6.45, 7) is 11.3. The van der Waals surface area contributed by atoms with Crippen molar-refractivity contribution in [2.45, 2.75) is 27.7 Å². The normalized spacial score (nSPS) is 19.5. The average Bonchev–Trinajstić information content (AvgIpc) is 1.96. The van der Waals surface area contributed by atoms with E-state index in [1.54, 1.807) is 0 Å². The molecule has 88 valence electrons. The summed E-state index contributed by atoms with van der Waals surface area (Å²) in [6, 6.07) is 0. The van der Waals surface area contributed by atoms with Gasteiger partial charge in [-0.1, -0.05) is 27.7 Å². The maximum Gasteiger partial charge on any atom is 0.225 e. The van der Waals surface area contributed by atoms with Crippen molar-refractivity contribution in [1.82, 2.24) is 10.2 Å². The lowest BCUT2D eigenvalue weighted by molar-refractivity contribution is -0.137. The zero-order chi connectivity index (χ0) is 11.6. The largest absolute Gasteiger partial charge is 0.345 e. The molecule has 0 aromatic carbocycles. The van der Waals surface area contributed by atoms with Crippen LogP contribution in [0.15, 0.2) is 0 Å². The fourth-order valence-corrected chi connectivity index (χ4v) is 2.00. The summed E-state index contributed by atoms with van der Waals surface area (Å²) < 4.78 is 0. The highest BCUT2D eigenvalue weighted by molar-refractivity contribution is 5.78. The van der Waals surface area contributed by atoms with Gasteiger partial charge in [-0.05, 0) is 24.4 Å². The molecule has 0 spiro atoms. The highest BCUT2D eigenvalue weighted by Crippen LogP contribution is 2.20. The van der Waals surface area contributed by atoms with Crippen LogP contribution in [0.5, 0.6) is 0 Å². The minimum atomic E-state index is 0.165. The Kier molecular flexibility index (Phi) is 3.77. The molecule has 1 saturated heterocycles. The van der Waals surface area contributed by atoms with E-state index in [9.17, 15) is 4.79 Å². The molecule has 0 radical (unpaired) electrons. The lowest BCUT2D eigenvalue weighted by atomic mass is 9.87. The van der Waals surface area contributed by atoms with Gasteiger partial charge in [-0.2, -0.15) is 0 Å². The number of nitrogens with one attached hydrogen (secondary N) is 1. The Morgan fingerprint density at radius 2 is 2.00 bits per heavy atom. The molecule has 0 aromatic rings. The van der Waals surface area contributed by atoms with Crippen LogP contribution in [0.3, 0.4) is 0 Å². The first-order chi connectivity index (χ1) is 6.81. The Morgan fingerprint density at radius 3 is 2.33 bits per heavy atom. The summed E-state index contributed by atoms with van der Waals surface area (Å²) in [7, 11) is 1.91. The summed E-state index contributed by atoms with van der Waals surface area (Å²) in [6.07, 6.45) is 0. The van der Waals surface area contributed by atoms with E-state index in [4.69, 9.17) is 0 Å². The second-order valence-electron chi connectivity index (χ2n) is 5.96. The number of carbonyl (C=O) groups excluding carboxylic acids is 1. The zero-order valence-corrected chi connectivity index (χ0v) is 10.6. The quantitative estimate of drug-likeness (QED) is 0.766. The van der Waals surface area contributed by atoms with Crippen LogP contribution in [-0.4, -0.2) is 37.5 Å². The number of amides is 1. The first-order valence-electron chi connectivity index (χ1n) is 5.77. The third kappa shape index (κ3) is 3.49. The van der Waals surface area contributed by atoms with Gasteiger partial charge in [0.15, 0.2) is 0 Å². The van der Waals surface area contributed by atoms with Gasteiger partial charge in [-0.3, -0.25) is 4.79 Å². The predicted octanol–water partition coefficient (Wildman–Crippen LogP) is 1.35. The molecule has 15 heavy (non-hydrogen) atoms. The second kappa shape index (κ2) is 4.52. The molecular formula is C12H24N2O. The Morgan fingerprint density at radius 1 is 1.47 bits per heavy atom. The monoisotopic (exact) mass is 212 g/mol. The maximum absolute atomic E-state index is 12.1. The molecule has 1 rings (SSSR count). The van der Waals surface area contributed by atoms with Crippen molar-refractivity contribution >= 4 is 5.91 Å². The molecular weight excluding hydrogens is 188 g/mol. The topological polar surface area (TPSA) is 32.3 Å². The molecule has 1 aliphatic rings. The van der Waals surface area contributed by atoms with Gasteiger partial charge >= 0.3 is 0 Å². The van der Waals surface area contributed by atoms with Crippen molar-refractivity contribution in [1.29, 1.82) is 0 Å². The van der Waals surface area contributed by atoms with Crippen LogP contribution >= 0.6 is 0 Å². The van der Waals surface area contributed by atoms with Gasteiger partial charge in [0.05, 0.1) is 0 Å². The number of nitrogens with zero attached hydrogens (tertiary/aromatic N) is 1. The zero-order valence-electron chi connectivity index (χ0n) is 10.6. The lowest BCUT2D eigenvalue weighted by Crippen LogP contribution is -2.50. The summed E-state index contributed by atoms with van der Waals surface area (Å²) >= 11 is 0. The number of hydrogen-bond acceptors (Lipinski definition) is 2. The fourth-order valence-electron chi connectivity index (χ4n) is 2.00. The standard InChI is InChI=1S/C12H24N2O/c1-9(10-6-13-7-10)11(15)14(5)8-12(2,3)4/h9-10,13H,6-8H2,1-5H3. The molecule has 0 aliphatic carbocycles. The van der Waals surface area contributed by atoms with Gasteiger partial charge in [0.25, 0.3) is 0 Å². The van der Waals surface area contributed by atoms with Crippen LogP contribution in [0.1, 0.15) is 27.7 Å². The molecule has 0 aromatic heterocycles. The van der Waals surface area contributed by atoms with Crippen LogP contribution in [-0.2, 0) is 4.79 Å². The first-order valence-corrected chi connectivity index (χ1v) is 5.77. The molecule has 0 bridgehead atoms. The van der Waals surface area contributed by atoms with Gasteiger partial charge in [-0.25, -0.2) is 0 Å². The van der Waals surface area contributed by atoms with Crippen LogP contribution < -0.4 is 5.32 Å². The van der Waals surface area contributed by atoms with Crippen molar-refractivity contribution in [3.8, 4) is 0 Å². The van der Waals surface area contributed by atoms with Gasteiger partial charge in [0, 0.05) is 19.5 Å². The van der Waals surface area contributed by atoms with Gasteiger partial charge in [-0.15, -0.1) is 0 Å². The molecule has 1 atom stereocenters. The van der Waals surface area contributed by atoms with Gasteiger partial charge in [0.1, 0.15) is 0 Å². The molecule has 1 heterocycles. The molecule has 1 amide bonds. The SMILES string of the molecule is CC(C(=O)N(C)CC(C)(C)C)C1CNC1. The van der Waals surface area contributed by atoms with E-state index in [-0.39, 0.29) is 17.2 Å². The van der Waals surface area contributed by atoms with Crippen molar-refractivity contribution in [3.63, 3.8) is 0 Å². The predicted molar refractivity (Wildman–Crippen MR) is 62.6 cm³/mol. The maximum atomic E-state index is 12.1. The Balaban J connectivity index is 2.44. The summed E-state index contributed by atoms with van der Waals surface area (Å²) in [5.41, 5.74) is 0.183. The Hall–Kier alpha value is -0.570. The van der Waals surface area contributed by atoms with Crippen molar-refractivity contribution in [2.24, 2.45) is 17.3 Å². The fraction of sp³-hybridized carbons (Fsp3) is 0.917. The number of hydrogen-bond donors (Lipinski definition) is 1. The minimum Gasteiger partial charge on any atom is -0.345 e.